The van der Waals surface area contributed by atoms with Gasteiger partial charge in [-0.3, -0.25) is 4.90 Å². The van der Waals surface area contributed by atoms with E-state index in [4.69, 9.17) is 9.15 Å². The molecule has 1 aromatic heterocycles. The summed E-state index contributed by atoms with van der Waals surface area (Å²) in [4.78, 5) is 6.45. The van der Waals surface area contributed by atoms with Crippen LogP contribution in [0, 0.1) is 17.3 Å². The van der Waals surface area contributed by atoms with Gasteiger partial charge in [-0.05, 0) is 69.3 Å². The SMILES string of the molecule is CN(CC=CC#CC(C)(C)C)Cc1cccc(OCc2cccc(-c3ncco3)c2)c1. The van der Waals surface area contributed by atoms with Gasteiger partial charge in [-0.2, -0.15) is 0 Å². The number of allylic oxidation sites excluding steroid dienone is 1. The van der Waals surface area contributed by atoms with Crippen LogP contribution in [0.2, 0.25) is 0 Å². The van der Waals surface area contributed by atoms with E-state index in [1.54, 1.807) is 12.5 Å². The summed E-state index contributed by atoms with van der Waals surface area (Å²) < 4.78 is 11.4. The van der Waals surface area contributed by atoms with Crippen LogP contribution in [0.3, 0.4) is 0 Å². The molecule has 0 unspecified atom stereocenters. The molecule has 2 aromatic carbocycles. The number of oxazole rings is 1. The zero-order valence-corrected chi connectivity index (χ0v) is 18.8. The highest BCUT2D eigenvalue weighted by Crippen LogP contribution is 2.20. The van der Waals surface area contributed by atoms with Crippen LogP contribution in [0.15, 0.2) is 77.6 Å². The summed E-state index contributed by atoms with van der Waals surface area (Å²) in [6.45, 7) is 8.51. The predicted octanol–water partition coefficient (Wildman–Crippen LogP) is 5.96. The van der Waals surface area contributed by atoms with Crippen molar-refractivity contribution in [3.63, 3.8) is 0 Å². The van der Waals surface area contributed by atoms with Crippen molar-refractivity contribution in [2.75, 3.05) is 13.6 Å². The van der Waals surface area contributed by atoms with Gasteiger partial charge in [-0.25, -0.2) is 4.98 Å². The monoisotopic (exact) mass is 414 g/mol. The van der Waals surface area contributed by atoms with E-state index < -0.39 is 0 Å². The Balaban J connectivity index is 1.53. The lowest BCUT2D eigenvalue weighted by Crippen LogP contribution is -2.17. The van der Waals surface area contributed by atoms with Crippen molar-refractivity contribution in [2.45, 2.75) is 33.9 Å². The molecule has 0 N–H and O–H groups in total. The molecule has 0 bridgehead atoms. The van der Waals surface area contributed by atoms with Crippen molar-refractivity contribution in [2.24, 2.45) is 5.41 Å². The number of hydrogen-bond donors (Lipinski definition) is 0. The number of aromatic nitrogens is 1. The first kappa shape index (κ1) is 22.4. The lowest BCUT2D eigenvalue weighted by molar-refractivity contribution is 0.304. The summed E-state index contributed by atoms with van der Waals surface area (Å²) in [5.41, 5.74) is 3.26. The minimum Gasteiger partial charge on any atom is -0.489 e. The van der Waals surface area contributed by atoms with E-state index in [1.807, 2.05) is 42.5 Å². The van der Waals surface area contributed by atoms with E-state index >= 15 is 0 Å². The smallest absolute Gasteiger partial charge is 0.225 e. The van der Waals surface area contributed by atoms with Gasteiger partial charge in [0.05, 0.1) is 6.20 Å². The number of hydrogen-bond acceptors (Lipinski definition) is 4. The molecule has 31 heavy (non-hydrogen) atoms. The Kier molecular flexibility index (Phi) is 7.70. The second kappa shape index (κ2) is 10.7. The first-order chi connectivity index (χ1) is 14.9. The van der Waals surface area contributed by atoms with E-state index in [2.05, 4.69) is 67.8 Å². The van der Waals surface area contributed by atoms with Crippen molar-refractivity contribution in [1.82, 2.24) is 9.88 Å². The van der Waals surface area contributed by atoms with Crippen LogP contribution >= 0.6 is 0 Å². The maximum absolute atomic E-state index is 6.03. The summed E-state index contributed by atoms with van der Waals surface area (Å²) in [5.74, 6) is 7.80. The Labute approximate surface area is 185 Å². The summed E-state index contributed by atoms with van der Waals surface area (Å²) in [5, 5.41) is 0. The van der Waals surface area contributed by atoms with Crippen molar-refractivity contribution in [1.29, 1.82) is 0 Å². The van der Waals surface area contributed by atoms with E-state index in [0.717, 1.165) is 30.0 Å². The molecule has 0 spiro atoms. The predicted molar refractivity (Wildman–Crippen MR) is 125 cm³/mol. The van der Waals surface area contributed by atoms with Gasteiger partial charge in [0.25, 0.3) is 0 Å². The Morgan fingerprint density at radius 1 is 1.10 bits per heavy atom. The molecule has 160 valence electrons. The molecule has 3 rings (SSSR count). The van der Waals surface area contributed by atoms with Gasteiger partial charge in [0.1, 0.15) is 18.6 Å². The highest BCUT2D eigenvalue weighted by Gasteiger charge is 2.05. The van der Waals surface area contributed by atoms with Crippen LogP contribution in [0.5, 0.6) is 5.75 Å². The highest BCUT2D eigenvalue weighted by molar-refractivity contribution is 5.54. The molecule has 1 heterocycles. The van der Waals surface area contributed by atoms with E-state index in [0.29, 0.717) is 12.5 Å². The fourth-order valence-electron chi connectivity index (χ4n) is 2.99. The molecule has 0 saturated carbocycles. The minimum absolute atomic E-state index is 0.0354. The summed E-state index contributed by atoms with van der Waals surface area (Å²) in [6, 6.07) is 16.3. The molecule has 0 fully saturated rings. The highest BCUT2D eigenvalue weighted by atomic mass is 16.5. The van der Waals surface area contributed by atoms with Crippen molar-refractivity contribution < 1.29 is 9.15 Å². The zero-order chi connectivity index (χ0) is 22.1. The van der Waals surface area contributed by atoms with Crippen LogP contribution < -0.4 is 4.74 Å². The maximum Gasteiger partial charge on any atom is 0.225 e. The molecule has 0 saturated heterocycles. The number of nitrogens with zero attached hydrogens (tertiary/aromatic N) is 2. The number of likely N-dealkylation sites (N-methyl/N-ethyl adjacent to an activating group) is 1. The molecule has 4 nitrogen and oxygen atoms in total. The molecule has 0 radical (unpaired) electrons. The van der Waals surface area contributed by atoms with E-state index in [1.165, 1.54) is 5.56 Å². The van der Waals surface area contributed by atoms with Crippen LogP contribution in [-0.2, 0) is 13.2 Å². The molecule has 3 aromatic rings. The number of ether oxygens (including phenoxy) is 1. The first-order valence-electron chi connectivity index (χ1n) is 10.5. The van der Waals surface area contributed by atoms with E-state index in [9.17, 15) is 0 Å². The Morgan fingerprint density at radius 3 is 2.68 bits per heavy atom. The Morgan fingerprint density at radius 2 is 1.90 bits per heavy atom. The second-order valence-electron chi connectivity index (χ2n) is 8.59. The molecular weight excluding hydrogens is 384 g/mol. The summed E-state index contributed by atoms with van der Waals surface area (Å²) >= 11 is 0. The zero-order valence-electron chi connectivity index (χ0n) is 18.8. The van der Waals surface area contributed by atoms with Gasteiger partial charge in [0, 0.05) is 24.1 Å². The topological polar surface area (TPSA) is 38.5 Å². The molecule has 0 amide bonds. The molecule has 0 aliphatic heterocycles. The number of rotatable bonds is 8. The third-order valence-electron chi connectivity index (χ3n) is 4.43. The third kappa shape index (κ3) is 7.81. The Bertz CT molecular complexity index is 1050. The average Bonchev–Trinajstić information content (AvgIpc) is 3.27. The van der Waals surface area contributed by atoms with Crippen LogP contribution in [0.4, 0.5) is 0 Å². The maximum atomic E-state index is 6.03. The van der Waals surface area contributed by atoms with Gasteiger partial charge in [-0.1, -0.05) is 42.2 Å². The average molecular weight is 415 g/mol. The summed E-state index contributed by atoms with van der Waals surface area (Å²) in [6.07, 6.45) is 7.26. The molecule has 0 atom stereocenters. The van der Waals surface area contributed by atoms with Gasteiger partial charge in [0.2, 0.25) is 5.89 Å². The van der Waals surface area contributed by atoms with Gasteiger partial charge in [0.15, 0.2) is 0 Å². The van der Waals surface area contributed by atoms with Crippen LogP contribution in [0.25, 0.3) is 11.5 Å². The lowest BCUT2D eigenvalue weighted by Gasteiger charge is -2.15. The molecule has 0 aliphatic carbocycles. The van der Waals surface area contributed by atoms with Crippen LogP contribution in [-0.4, -0.2) is 23.5 Å². The molecular formula is C27H30N2O2. The van der Waals surface area contributed by atoms with Gasteiger partial charge in [-0.15, -0.1) is 0 Å². The first-order valence-corrected chi connectivity index (χ1v) is 10.5. The third-order valence-corrected chi connectivity index (χ3v) is 4.43. The fraction of sp³-hybridized carbons (Fsp3) is 0.296. The lowest BCUT2D eigenvalue weighted by atomic mass is 9.98. The van der Waals surface area contributed by atoms with Gasteiger partial charge < -0.3 is 9.15 Å². The van der Waals surface area contributed by atoms with Gasteiger partial charge >= 0.3 is 0 Å². The van der Waals surface area contributed by atoms with Crippen LogP contribution in [0.1, 0.15) is 31.9 Å². The fourth-order valence-corrected chi connectivity index (χ4v) is 2.99. The summed E-state index contributed by atoms with van der Waals surface area (Å²) in [7, 11) is 2.10. The molecule has 4 heteroatoms. The normalized spacial score (nSPS) is 11.5. The minimum atomic E-state index is 0.0354. The quantitative estimate of drug-likeness (QED) is 0.427. The standard InChI is InChI=1S/C27H30N2O2/c1-27(2,3)14-6-5-7-16-29(4)20-22-10-9-13-25(19-22)31-21-23-11-8-12-24(18-23)26-28-15-17-30-26/h5,7-13,15,17-19H,16,20-21H2,1-4H3. The largest absolute Gasteiger partial charge is 0.489 e. The molecule has 0 aliphatic rings. The van der Waals surface area contributed by atoms with E-state index in [-0.39, 0.29) is 5.41 Å². The number of benzene rings is 2. The van der Waals surface area contributed by atoms with Crippen molar-refractivity contribution >= 4 is 0 Å². The second-order valence-corrected chi connectivity index (χ2v) is 8.59. The van der Waals surface area contributed by atoms with Crippen molar-refractivity contribution in [3.8, 4) is 29.0 Å². The Hall–Kier alpha value is -3.29. The van der Waals surface area contributed by atoms with Crippen molar-refractivity contribution in [3.05, 3.63) is 84.3 Å².